The van der Waals surface area contributed by atoms with Crippen LogP contribution >= 0.6 is 0 Å². The van der Waals surface area contributed by atoms with Gasteiger partial charge in [0.05, 0.1) is 18.1 Å². The van der Waals surface area contributed by atoms with E-state index >= 15 is 0 Å². The second-order valence-electron chi connectivity index (χ2n) is 5.27. The van der Waals surface area contributed by atoms with Gasteiger partial charge in [-0.2, -0.15) is 17.0 Å². The van der Waals surface area contributed by atoms with Gasteiger partial charge < -0.3 is 0 Å². The van der Waals surface area contributed by atoms with Crippen molar-refractivity contribution < 1.29 is 16.8 Å². The Bertz CT molecular complexity index is 585. The Balaban J connectivity index is 2.21. The molecule has 2 rings (SSSR count). The van der Waals surface area contributed by atoms with Crippen LogP contribution in [0.1, 0.15) is 25.7 Å². The molecule has 0 saturated carbocycles. The normalized spacial score (nSPS) is 27.5. The van der Waals surface area contributed by atoms with Gasteiger partial charge in [0.15, 0.2) is 9.84 Å². The van der Waals surface area contributed by atoms with Crippen LogP contribution < -0.4 is 0 Å². The Hall–Kier alpha value is -0.620. The van der Waals surface area contributed by atoms with Crippen LogP contribution in [0.4, 0.5) is 0 Å². The van der Waals surface area contributed by atoms with Crippen molar-refractivity contribution in [2.75, 3.05) is 31.1 Å². The summed E-state index contributed by atoms with van der Waals surface area (Å²) in [5, 5.41) is 0. The monoisotopic (exact) mass is 320 g/mol. The lowest BCUT2D eigenvalue weighted by Gasteiger charge is -2.33. The molecular formula is C12H20N2O4S2. The minimum absolute atomic E-state index is 0.0360. The van der Waals surface area contributed by atoms with Gasteiger partial charge in [-0.3, -0.25) is 0 Å². The molecule has 0 aromatic carbocycles. The Labute approximate surface area is 121 Å². The Morgan fingerprint density at radius 1 is 1.25 bits per heavy atom. The molecule has 1 atom stereocenters. The average molecular weight is 320 g/mol. The van der Waals surface area contributed by atoms with Gasteiger partial charge in [-0.1, -0.05) is 12.3 Å². The van der Waals surface area contributed by atoms with Crippen LogP contribution in [0.15, 0.2) is 0 Å². The summed E-state index contributed by atoms with van der Waals surface area (Å²) in [6, 6.07) is -0.525. The molecule has 2 aliphatic heterocycles. The smallest absolute Gasteiger partial charge is 0.229 e. The van der Waals surface area contributed by atoms with Crippen molar-refractivity contribution in [3.8, 4) is 12.3 Å². The van der Waals surface area contributed by atoms with E-state index in [0.717, 1.165) is 19.3 Å². The lowest BCUT2D eigenvalue weighted by molar-refractivity contribution is 0.289. The van der Waals surface area contributed by atoms with Gasteiger partial charge in [0.1, 0.15) is 0 Å². The fraction of sp³-hybridized carbons (Fsp3) is 0.833. The summed E-state index contributed by atoms with van der Waals surface area (Å²) in [5.41, 5.74) is 0. The maximum Gasteiger partial charge on any atom is 0.283 e. The number of hydrogen-bond donors (Lipinski definition) is 0. The summed E-state index contributed by atoms with van der Waals surface area (Å²) >= 11 is 0. The van der Waals surface area contributed by atoms with E-state index < -0.39 is 26.1 Å². The summed E-state index contributed by atoms with van der Waals surface area (Å²) in [4.78, 5) is 0. The molecule has 0 aromatic heterocycles. The van der Waals surface area contributed by atoms with E-state index in [-0.39, 0.29) is 18.1 Å². The SMILES string of the molecule is C#CCN(C1CCS(=O)(=O)C1)S(=O)(=O)N1CCCCC1. The third-order valence-corrected chi connectivity index (χ3v) is 7.59. The van der Waals surface area contributed by atoms with E-state index in [1.807, 2.05) is 0 Å². The summed E-state index contributed by atoms with van der Waals surface area (Å²) in [5.74, 6) is 2.26. The molecule has 0 spiro atoms. The lowest BCUT2D eigenvalue weighted by Crippen LogP contribution is -2.50. The van der Waals surface area contributed by atoms with Crippen LogP contribution in [0.5, 0.6) is 0 Å². The highest BCUT2D eigenvalue weighted by Crippen LogP contribution is 2.24. The van der Waals surface area contributed by atoms with Crippen molar-refractivity contribution in [3.05, 3.63) is 0 Å². The van der Waals surface area contributed by atoms with Crippen LogP contribution in [0.2, 0.25) is 0 Å². The molecule has 2 aliphatic rings. The van der Waals surface area contributed by atoms with Crippen molar-refractivity contribution in [2.24, 2.45) is 0 Å². The molecule has 6 nitrogen and oxygen atoms in total. The van der Waals surface area contributed by atoms with E-state index in [9.17, 15) is 16.8 Å². The topological polar surface area (TPSA) is 74.8 Å². The van der Waals surface area contributed by atoms with Crippen molar-refractivity contribution in [1.29, 1.82) is 0 Å². The lowest BCUT2D eigenvalue weighted by atomic mass is 10.2. The predicted octanol–water partition coefficient (Wildman–Crippen LogP) is -0.161. The first kappa shape index (κ1) is 15.8. The molecule has 0 aliphatic carbocycles. The quantitative estimate of drug-likeness (QED) is 0.675. The van der Waals surface area contributed by atoms with E-state index in [1.54, 1.807) is 0 Å². The average Bonchev–Trinajstić information content (AvgIpc) is 2.77. The molecule has 8 heteroatoms. The second-order valence-corrected chi connectivity index (χ2v) is 9.38. The predicted molar refractivity (Wildman–Crippen MR) is 76.9 cm³/mol. The summed E-state index contributed by atoms with van der Waals surface area (Å²) in [7, 11) is -6.80. The maximum absolute atomic E-state index is 12.6. The fourth-order valence-electron chi connectivity index (χ4n) is 2.74. The summed E-state index contributed by atoms with van der Waals surface area (Å²) in [6.07, 6.45) is 8.30. The number of sulfone groups is 1. The van der Waals surface area contributed by atoms with Crippen LogP contribution in [-0.4, -0.2) is 62.6 Å². The second kappa shape index (κ2) is 6.02. The number of piperidine rings is 1. The molecule has 1 unspecified atom stereocenters. The zero-order chi connectivity index (χ0) is 14.8. The van der Waals surface area contributed by atoms with Crippen molar-refractivity contribution in [2.45, 2.75) is 31.7 Å². The molecule has 0 aromatic rings. The molecule has 2 fully saturated rings. The van der Waals surface area contributed by atoms with Crippen LogP contribution in [0.3, 0.4) is 0 Å². The van der Waals surface area contributed by atoms with Gasteiger partial charge in [0.25, 0.3) is 10.2 Å². The van der Waals surface area contributed by atoms with E-state index in [1.165, 1.54) is 8.61 Å². The number of hydrogen-bond acceptors (Lipinski definition) is 4. The van der Waals surface area contributed by atoms with Crippen molar-refractivity contribution >= 4 is 20.0 Å². The molecule has 114 valence electrons. The molecule has 0 amide bonds. The summed E-state index contributed by atoms with van der Waals surface area (Å²) < 4.78 is 51.0. The Morgan fingerprint density at radius 2 is 1.90 bits per heavy atom. The van der Waals surface area contributed by atoms with Gasteiger partial charge in [0, 0.05) is 19.1 Å². The highest BCUT2D eigenvalue weighted by atomic mass is 32.2. The highest BCUT2D eigenvalue weighted by Gasteiger charge is 2.40. The van der Waals surface area contributed by atoms with Crippen LogP contribution in [0.25, 0.3) is 0 Å². The largest absolute Gasteiger partial charge is 0.283 e. The number of rotatable bonds is 4. The zero-order valence-corrected chi connectivity index (χ0v) is 13.0. The van der Waals surface area contributed by atoms with Crippen LogP contribution in [-0.2, 0) is 20.0 Å². The molecule has 2 saturated heterocycles. The van der Waals surface area contributed by atoms with Gasteiger partial charge >= 0.3 is 0 Å². The van der Waals surface area contributed by atoms with Crippen LogP contribution in [0, 0.1) is 12.3 Å². The van der Waals surface area contributed by atoms with E-state index in [0.29, 0.717) is 19.5 Å². The van der Waals surface area contributed by atoms with Gasteiger partial charge in [-0.05, 0) is 19.3 Å². The first-order valence-corrected chi connectivity index (χ1v) is 9.99. The molecule has 0 bridgehead atoms. The minimum Gasteiger partial charge on any atom is -0.229 e. The maximum atomic E-state index is 12.6. The molecular weight excluding hydrogens is 300 g/mol. The highest BCUT2D eigenvalue weighted by molar-refractivity contribution is 7.91. The van der Waals surface area contributed by atoms with E-state index in [2.05, 4.69) is 5.92 Å². The summed E-state index contributed by atoms with van der Waals surface area (Å²) in [6.45, 7) is 0.908. The minimum atomic E-state index is -3.66. The van der Waals surface area contributed by atoms with Gasteiger partial charge in [-0.15, -0.1) is 6.42 Å². The molecule has 2 heterocycles. The first-order valence-electron chi connectivity index (χ1n) is 6.77. The standard InChI is InChI=1S/C12H20N2O4S2/c1-2-7-14(12-6-10-19(15,16)11-12)20(17,18)13-8-4-3-5-9-13/h1,12H,3-11H2. The van der Waals surface area contributed by atoms with Crippen molar-refractivity contribution in [1.82, 2.24) is 8.61 Å². The number of nitrogens with zero attached hydrogens (tertiary/aromatic N) is 2. The Morgan fingerprint density at radius 3 is 2.40 bits per heavy atom. The zero-order valence-electron chi connectivity index (χ0n) is 11.4. The van der Waals surface area contributed by atoms with Gasteiger partial charge in [0.2, 0.25) is 0 Å². The number of terminal acetylenes is 1. The van der Waals surface area contributed by atoms with Crippen molar-refractivity contribution in [3.63, 3.8) is 0 Å². The van der Waals surface area contributed by atoms with E-state index in [4.69, 9.17) is 6.42 Å². The molecule has 20 heavy (non-hydrogen) atoms. The fourth-order valence-corrected chi connectivity index (χ4v) is 6.37. The molecule has 0 N–H and O–H groups in total. The third kappa shape index (κ3) is 3.34. The third-order valence-electron chi connectivity index (χ3n) is 3.80. The molecule has 0 radical (unpaired) electrons. The first-order chi connectivity index (χ1) is 9.37. The van der Waals surface area contributed by atoms with Gasteiger partial charge in [-0.25, -0.2) is 8.42 Å². The Kier molecular flexibility index (Phi) is 4.74.